The van der Waals surface area contributed by atoms with Crippen LogP contribution in [0.1, 0.15) is 26.0 Å². The van der Waals surface area contributed by atoms with Gasteiger partial charge < -0.3 is 10.2 Å². The highest BCUT2D eigenvalue weighted by atomic mass is 16.5. The van der Waals surface area contributed by atoms with Gasteiger partial charge in [0.2, 0.25) is 0 Å². The van der Waals surface area contributed by atoms with Crippen LogP contribution in [0.4, 0.5) is 5.82 Å². The van der Waals surface area contributed by atoms with Crippen LogP contribution in [0.15, 0.2) is 18.2 Å². The third-order valence-electron chi connectivity index (χ3n) is 2.04. The summed E-state index contributed by atoms with van der Waals surface area (Å²) in [7, 11) is 0. The monoisotopic (exact) mass is 209 g/mol. The average molecular weight is 209 g/mol. The minimum Gasteiger partial charge on any atom is -0.375 e. The van der Waals surface area contributed by atoms with E-state index in [4.69, 9.17) is 10.6 Å². The quantitative estimate of drug-likeness (QED) is 0.427. The van der Waals surface area contributed by atoms with Crippen molar-refractivity contribution in [1.29, 1.82) is 0 Å². The average Bonchev–Trinajstić information content (AvgIpc) is 2.24. The molecule has 0 bridgehead atoms. The van der Waals surface area contributed by atoms with Crippen LogP contribution < -0.4 is 11.3 Å². The van der Waals surface area contributed by atoms with Crippen molar-refractivity contribution < 1.29 is 4.74 Å². The lowest BCUT2D eigenvalue weighted by Gasteiger charge is -2.06. The van der Waals surface area contributed by atoms with Gasteiger partial charge in [0, 0.05) is 6.61 Å². The zero-order valence-electron chi connectivity index (χ0n) is 9.36. The van der Waals surface area contributed by atoms with Crippen molar-refractivity contribution in [1.82, 2.24) is 4.98 Å². The Labute approximate surface area is 90.8 Å². The highest BCUT2D eigenvalue weighted by Gasteiger charge is 1.98. The van der Waals surface area contributed by atoms with Gasteiger partial charge in [-0.2, -0.15) is 0 Å². The van der Waals surface area contributed by atoms with Gasteiger partial charge in [-0.25, -0.2) is 10.8 Å². The van der Waals surface area contributed by atoms with E-state index in [9.17, 15) is 0 Å². The number of rotatable bonds is 6. The molecule has 0 saturated carbocycles. The van der Waals surface area contributed by atoms with Crippen molar-refractivity contribution in [3.05, 3.63) is 23.9 Å². The van der Waals surface area contributed by atoms with Gasteiger partial charge in [0.25, 0.3) is 0 Å². The van der Waals surface area contributed by atoms with E-state index >= 15 is 0 Å². The van der Waals surface area contributed by atoms with Gasteiger partial charge in [-0.05, 0) is 24.5 Å². The molecule has 3 N–H and O–H groups in total. The highest BCUT2D eigenvalue weighted by molar-refractivity contribution is 5.33. The first-order valence-electron chi connectivity index (χ1n) is 5.22. The van der Waals surface area contributed by atoms with Gasteiger partial charge in [-0.15, -0.1) is 0 Å². The molecule has 1 aromatic heterocycles. The summed E-state index contributed by atoms with van der Waals surface area (Å²) in [5, 5.41) is 0. The molecule has 0 radical (unpaired) electrons. The summed E-state index contributed by atoms with van der Waals surface area (Å²) in [5.41, 5.74) is 3.41. The van der Waals surface area contributed by atoms with Gasteiger partial charge in [0.05, 0.1) is 12.3 Å². The van der Waals surface area contributed by atoms with Crippen LogP contribution in [0.3, 0.4) is 0 Å². The van der Waals surface area contributed by atoms with Crippen LogP contribution in [0.5, 0.6) is 0 Å². The number of nitrogens with one attached hydrogen (secondary N) is 1. The van der Waals surface area contributed by atoms with Gasteiger partial charge in [0.15, 0.2) is 0 Å². The topological polar surface area (TPSA) is 60.2 Å². The lowest BCUT2D eigenvalue weighted by atomic mass is 10.1. The second kappa shape index (κ2) is 6.37. The van der Waals surface area contributed by atoms with Gasteiger partial charge in [-0.3, -0.25) is 0 Å². The number of hydrogen-bond acceptors (Lipinski definition) is 4. The first-order chi connectivity index (χ1) is 7.22. The molecule has 1 aromatic rings. The molecule has 0 atom stereocenters. The number of pyridine rings is 1. The number of nitrogens with two attached hydrogens (primary N) is 1. The first kappa shape index (κ1) is 11.9. The standard InChI is InChI=1S/C11H19N3O/c1-9(2)6-7-15-8-10-4-3-5-11(13-10)14-12/h3-5,9H,6-8,12H2,1-2H3,(H,13,14). The van der Waals surface area contributed by atoms with Crippen LogP contribution in [0.2, 0.25) is 0 Å². The van der Waals surface area contributed by atoms with Gasteiger partial charge in [-0.1, -0.05) is 19.9 Å². The normalized spacial score (nSPS) is 10.7. The third kappa shape index (κ3) is 4.76. The SMILES string of the molecule is CC(C)CCOCc1cccc(NN)n1. The third-order valence-corrected chi connectivity index (χ3v) is 2.04. The molecule has 1 heterocycles. The maximum atomic E-state index is 5.50. The Balaban J connectivity index is 2.30. The molecule has 4 heteroatoms. The van der Waals surface area contributed by atoms with E-state index in [1.54, 1.807) is 0 Å². The molecule has 0 aliphatic heterocycles. The van der Waals surface area contributed by atoms with Crippen LogP contribution in [0.25, 0.3) is 0 Å². The molecule has 0 spiro atoms. The van der Waals surface area contributed by atoms with Crippen molar-refractivity contribution in [2.24, 2.45) is 11.8 Å². The zero-order chi connectivity index (χ0) is 11.1. The predicted octanol–water partition coefficient (Wildman–Crippen LogP) is 1.93. The molecular formula is C11H19N3O. The fraction of sp³-hybridized carbons (Fsp3) is 0.545. The number of nitrogens with zero attached hydrogens (tertiary/aromatic N) is 1. The molecular weight excluding hydrogens is 190 g/mol. The molecule has 4 nitrogen and oxygen atoms in total. The molecule has 0 unspecified atom stereocenters. The first-order valence-corrected chi connectivity index (χ1v) is 5.22. The molecule has 1 rings (SSSR count). The number of ether oxygens (including phenoxy) is 1. The lowest BCUT2D eigenvalue weighted by molar-refractivity contribution is 0.108. The van der Waals surface area contributed by atoms with E-state index in [0.717, 1.165) is 18.7 Å². The zero-order valence-corrected chi connectivity index (χ0v) is 9.36. The molecule has 0 aliphatic carbocycles. The fourth-order valence-corrected chi connectivity index (χ4v) is 1.14. The van der Waals surface area contributed by atoms with Crippen LogP contribution in [-0.2, 0) is 11.3 Å². The Morgan fingerprint density at radius 1 is 1.47 bits per heavy atom. The minimum atomic E-state index is 0.544. The summed E-state index contributed by atoms with van der Waals surface area (Å²) in [6, 6.07) is 5.65. The van der Waals surface area contributed by atoms with Crippen LogP contribution in [0, 0.1) is 5.92 Å². The summed E-state index contributed by atoms with van der Waals surface area (Å²) in [6.07, 6.45) is 1.08. The molecule has 0 amide bonds. The Morgan fingerprint density at radius 2 is 2.27 bits per heavy atom. The van der Waals surface area contributed by atoms with E-state index in [0.29, 0.717) is 18.3 Å². The van der Waals surface area contributed by atoms with Crippen molar-refractivity contribution in [2.75, 3.05) is 12.0 Å². The predicted molar refractivity (Wildman–Crippen MR) is 61.2 cm³/mol. The summed E-state index contributed by atoms with van der Waals surface area (Å²) in [6.45, 7) is 5.68. The van der Waals surface area contributed by atoms with E-state index < -0.39 is 0 Å². The Kier molecular flexibility index (Phi) is 5.07. The maximum absolute atomic E-state index is 5.50. The summed E-state index contributed by atoms with van der Waals surface area (Å²) in [5.74, 6) is 6.60. The molecule has 0 saturated heterocycles. The maximum Gasteiger partial charge on any atom is 0.140 e. The molecule has 15 heavy (non-hydrogen) atoms. The van der Waals surface area contributed by atoms with E-state index in [-0.39, 0.29) is 0 Å². The van der Waals surface area contributed by atoms with Crippen molar-refractivity contribution in [3.63, 3.8) is 0 Å². The second-order valence-corrected chi connectivity index (χ2v) is 3.89. The number of hydrogen-bond donors (Lipinski definition) is 2. The van der Waals surface area contributed by atoms with E-state index in [1.807, 2.05) is 18.2 Å². The molecule has 0 aliphatic rings. The Bertz CT molecular complexity index is 289. The van der Waals surface area contributed by atoms with E-state index in [1.165, 1.54) is 0 Å². The van der Waals surface area contributed by atoms with Crippen molar-refractivity contribution >= 4 is 5.82 Å². The number of hydrazine groups is 1. The van der Waals surface area contributed by atoms with Crippen LogP contribution >= 0.6 is 0 Å². The molecule has 0 aromatic carbocycles. The van der Waals surface area contributed by atoms with E-state index in [2.05, 4.69) is 24.3 Å². The minimum absolute atomic E-state index is 0.544. The van der Waals surface area contributed by atoms with Crippen LogP contribution in [-0.4, -0.2) is 11.6 Å². The van der Waals surface area contributed by atoms with Crippen molar-refractivity contribution in [2.45, 2.75) is 26.9 Å². The molecule has 84 valence electrons. The summed E-state index contributed by atoms with van der Waals surface area (Å²) < 4.78 is 5.50. The van der Waals surface area contributed by atoms with Gasteiger partial charge >= 0.3 is 0 Å². The Morgan fingerprint density at radius 3 is 2.93 bits per heavy atom. The Hall–Kier alpha value is -1.13. The van der Waals surface area contributed by atoms with Gasteiger partial charge in [0.1, 0.15) is 5.82 Å². The number of aromatic nitrogens is 1. The summed E-state index contributed by atoms with van der Waals surface area (Å²) in [4.78, 5) is 4.25. The van der Waals surface area contributed by atoms with Crippen molar-refractivity contribution in [3.8, 4) is 0 Å². The summed E-state index contributed by atoms with van der Waals surface area (Å²) >= 11 is 0. The largest absolute Gasteiger partial charge is 0.375 e. The highest BCUT2D eigenvalue weighted by Crippen LogP contribution is 2.05. The number of anilines is 1. The number of nitrogen functional groups attached to an aromatic ring is 1. The smallest absolute Gasteiger partial charge is 0.140 e. The lowest BCUT2D eigenvalue weighted by Crippen LogP contribution is -2.09. The molecule has 0 fully saturated rings. The second-order valence-electron chi connectivity index (χ2n) is 3.89. The fourth-order valence-electron chi connectivity index (χ4n) is 1.14.